The van der Waals surface area contributed by atoms with Gasteiger partial charge in [0.2, 0.25) is 11.8 Å². The van der Waals surface area contributed by atoms with Gasteiger partial charge in [-0.2, -0.15) is 0 Å². The summed E-state index contributed by atoms with van der Waals surface area (Å²) in [6, 6.07) is 10.6. The normalized spacial score (nSPS) is 11.5. The number of hydrogen-bond acceptors (Lipinski definition) is 7. The minimum absolute atomic E-state index is 0.0488. The third kappa shape index (κ3) is 7.60. The molecule has 2 amide bonds. The number of anilines is 2. The van der Waals surface area contributed by atoms with Crippen LogP contribution in [0.15, 0.2) is 42.5 Å². The SMILES string of the molecule is CCOC(=O)c1ccc(NC(=O)CSC(C(=O)Nc2ccc([N+](=O)[O-])cc2C)C(C)C)cc1. The molecule has 0 aliphatic carbocycles. The molecule has 0 spiro atoms. The van der Waals surface area contributed by atoms with E-state index in [0.717, 1.165) is 0 Å². The Morgan fingerprint density at radius 3 is 2.30 bits per heavy atom. The highest BCUT2D eigenvalue weighted by molar-refractivity contribution is 8.01. The number of rotatable bonds is 10. The van der Waals surface area contributed by atoms with Crippen LogP contribution in [0.4, 0.5) is 17.1 Å². The molecule has 2 aromatic rings. The maximum absolute atomic E-state index is 12.8. The number of esters is 1. The maximum Gasteiger partial charge on any atom is 0.338 e. The van der Waals surface area contributed by atoms with E-state index >= 15 is 0 Å². The molecule has 10 heteroatoms. The number of nitro benzene ring substituents is 1. The second kappa shape index (κ2) is 12.0. The fourth-order valence-corrected chi connectivity index (χ4v) is 3.94. The van der Waals surface area contributed by atoms with Crippen LogP contribution in [0.2, 0.25) is 0 Å². The first kappa shape index (κ1) is 25.9. The van der Waals surface area contributed by atoms with Crippen LogP contribution in [0.1, 0.15) is 36.7 Å². The van der Waals surface area contributed by atoms with E-state index in [-0.39, 0.29) is 35.8 Å². The number of carbonyl (C=O) groups is 3. The van der Waals surface area contributed by atoms with E-state index in [1.54, 1.807) is 38.1 Å². The summed E-state index contributed by atoms with van der Waals surface area (Å²) in [6.07, 6.45) is 0. The van der Waals surface area contributed by atoms with E-state index in [1.807, 2.05) is 13.8 Å². The van der Waals surface area contributed by atoms with Crippen molar-refractivity contribution in [3.05, 3.63) is 63.7 Å². The molecule has 0 radical (unpaired) electrons. The van der Waals surface area contributed by atoms with E-state index in [1.165, 1.54) is 30.0 Å². The predicted octanol–water partition coefficient (Wildman–Crippen LogP) is 4.41. The monoisotopic (exact) mass is 473 g/mol. The summed E-state index contributed by atoms with van der Waals surface area (Å²) in [5, 5.41) is 15.9. The van der Waals surface area contributed by atoms with E-state index in [2.05, 4.69) is 10.6 Å². The Morgan fingerprint density at radius 1 is 1.09 bits per heavy atom. The van der Waals surface area contributed by atoms with Gasteiger partial charge in [-0.25, -0.2) is 4.79 Å². The Morgan fingerprint density at radius 2 is 1.76 bits per heavy atom. The zero-order valence-corrected chi connectivity index (χ0v) is 19.7. The number of nitro groups is 1. The fraction of sp³-hybridized carbons (Fsp3) is 0.348. The molecular weight excluding hydrogens is 446 g/mol. The van der Waals surface area contributed by atoms with E-state index < -0.39 is 16.1 Å². The molecule has 0 bridgehead atoms. The largest absolute Gasteiger partial charge is 0.462 e. The van der Waals surface area contributed by atoms with Crippen molar-refractivity contribution in [2.24, 2.45) is 5.92 Å². The first-order chi connectivity index (χ1) is 15.6. The van der Waals surface area contributed by atoms with Gasteiger partial charge in [0.05, 0.1) is 28.1 Å². The second-order valence-electron chi connectivity index (χ2n) is 7.57. The van der Waals surface area contributed by atoms with Crippen molar-refractivity contribution in [1.29, 1.82) is 0 Å². The number of carbonyl (C=O) groups excluding carboxylic acids is 3. The zero-order chi connectivity index (χ0) is 24.5. The molecule has 0 fully saturated rings. The second-order valence-corrected chi connectivity index (χ2v) is 8.70. The minimum Gasteiger partial charge on any atom is -0.462 e. The summed E-state index contributed by atoms with van der Waals surface area (Å²) in [5.74, 6) is -0.993. The van der Waals surface area contributed by atoms with Crippen molar-refractivity contribution >= 4 is 46.6 Å². The molecule has 2 rings (SSSR count). The number of nitrogens with one attached hydrogen (secondary N) is 2. The quantitative estimate of drug-likeness (QED) is 0.297. The molecule has 2 N–H and O–H groups in total. The number of benzene rings is 2. The standard InChI is InChI=1S/C23H27N3O6S/c1-5-32-23(29)16-6-8-17(9-7-16)24-20(27)13-33-21(14(2)3)22(28)25-19-11-10-18(26(30)31)12-15(19)4/h6-12,14,21H,5,13H2,1-4H3,(H,24,27)(H,25,28). The van der Waals surface area contributed by atoms with Crippen LogP contribution in [0, 0.1) is 23.0 Å². The first-order valence-corrected chi connectivity index (χ1v) is 11.4. The minimum atomic E-state index is -0.503. The summed E-state index contributed by atoms with van der Waals surface area (Å²) in [7, 11) is 0. The molecule has 0 saturated heterocycles. The molecule has 1 atom stereocenters. The van der Waals surface area contributed by atoms with Gasteiger partial charge >= 0.3 is 5.97 Å². The van der Waals surface area contributed by atoms with Crippen LogP contribution in [0.3, 0.4) is 0 Å². The summed E-state index contributed by atoms with van der Waals surface area (Å²) >= 11 is 1.21. The van der Waals surface area contributed by atoms with Crippen molar-refractivity contribution in [3.63, 3.8) is 0 Å². The lowest BCUT2D eigenvalue weighted by Crippen LogP contribution is -2.31. The van der Waals surface area contributed by atoms with Crippen molar-refractivity contribution in [3.8, 4) is 0 Å². The number of aryl methyl sites for hydroxylation is 1. The third-order valence-electron chi connectivity index (χ3n) is 4.62. The van der Waals surface area contributed by atoms with Crippen molar-refractivity contribution in [2.75, 3.05) is 23.0 Å². The van der Waals surface area contributed by atoms with Gasteiger partial charge in [-0.05, 0) is 55.7 Å². The Kier molecular flexibility index (Phi) is 9.41. The van der Waals surface area contributed by atoms with Crippen molar-refractivity contribution in [1.82, 2.24) is 0 Å². The highest BCUT2D eigenvalue weighted by Gasteiger charge is 2.24. The van der Waals surface area contributed by atoms with Crippen LogP contribution < -0.4 is 10.6 Å². The van der Waals surface area contributed by atoms with Gasteiger partial charge in [0, 0.05) is 23.5 Å². The van der Waals surface area contributed by atoms with Crippen LogP contribution in [0.5, 0.6) is 0 Å². The highest BCUT2D eigenvalue weighted by Crippen LogP contribution is 2.25. The van der Waals surface area contributed by atoms with Gasteiger partial charge in [-0.15, -0.1) is 11.8 Å². The number of thioether (sulfide) groups is 1. The van der Waals surface area contributed by atoms with Crippen molar-refractivity contribution in [2.45, 2.75) is 32.9 Å². The predicted molar refractivity (Wildman–Crippen MR) is 129 cm³/mol. The zero-order valence-electron chi connectivity index (χ0n) is 18.9. The number of hydrogen-bond donors (Lipinski definition) is 2. The number of amides is 2. The Hall–Kier alpha value is -3.40. The van der Waals surface area contributed by atoms with Gasteiger partial charge in [0.15, 0.2) is 0 Å². The number of nitrogens with zero attached hydrogens (tertiary/aromatic N) is 1. The van der Waals surface area contributed by atoms with Gasteiger partial charge in [-0.1, -0.05) is 13.8 Å². The van der Waals surface area contributed by atoms with E-state index in [0.29, 0.717) is 22.5 Å². The highest BCUT2D eigenvalue weighted by atomic mass is 32.2. The molecule has 0 aliphatic heterocycles. The molecule has 176 valence electrons. The lowest BCUT2D eigenvalue weighted by Gasteiger charge is -2.20. The van der Waals surface area contributed by atoms with Gasteiger partial charge in [-0.3, -0.25) is 19.7 Å². The molecule has 0 heterocycles. The average molecular weight is 474 g/mol. The van der Waals surface area contributed by atoms with Crippen LogP contribution in [-0.2, 0) is 14.3 Å². The first-order valence-electron chi connectivity index (χ1n) is 10.4. The summed E-state index contributed by atoms with van der Waals surface area (Å²) < 4.78 is 4.93. The lowest BCUT2D eigenvalue weighted by atomic mass is 10.1. The molecule has 2 aromatic carbocycles. The Bertz CT molecular complexity index is 1020. The van der Waals surface area contributed by atoms with Gasteiger partial charge in [0.1, 0.15) is 0 Å². The molecule has 0 aliphatic rings. The van der Waals surface area contributed by atoms with Gasteiger partial charge < -0.3 is 15.4 Å². The average Bonchev–Trinajstić information content (AvgIpc) is 2.75. The van der Waals surface area contributed by atoms with Crippen LogP contribution in [0.25, 0.3) is 0 Å². The molecule has 0 aromatic heterocycles. The topological polar surface area (TPSA) is 128 Å². The van der Waals surface area contributed by atoms with E-state index in [4.69, 9.17) is 4.74 Å². The lowest BCUT2D eigenvalue weighted by molar-refractivity contribution is -0.384. The van der Waals surface area contributed by atoms with Gasteiger partial charge in [0.25, 0.3) is 5.69 Å². The van der Waals surface area contributed by atoms with Crippen molar-refractivity contribution < 1.29 is 24.0 Å². The molecule has 1 unspecified atom stereocenters. The molecule has 9 nitrogen and oxygen atoms in total. The summed E-state index contributed by atoms with van der Waals surface area (Å²) in [4.78, 5) is 47.3. The molecule has 33 heavy (non-hydrogen) atoms. The Labute approximate surface area is 196 Å². The summed E-state index contributed by atoms with van der Waals surface area (Å²) in [5.41, 5.74) is 1.94. The molecular formula is C23H27N3O6S. The number of non-ortho nitro benzene ring substituents is 1. The maximum atomic E-state index is 12.8. The molecule has 0 saturated carbocycles. The van der Waals surface area contributed by atoms with E-state index in [9.17, 15) is 24.5 Å². The summed E-state index contributed by atoms with van der Waals surface area (Å²) in [6.45, 7) is 7.45. The van der Waals surface area contributed by atoms with Crippen LogP contribution in [-0.4, -0.2) is 40.3 Å². The fourth-order valence-electron chi connectivity index (χ4n) is 2.94. The Balaban J connectivity index is 1.95. The third-order valence-corrected chi connectivity index (χ3v) is 6.16. The number of ether oxygens (including phenoxy) is 1. The van der Waals surface area contributed by atoms with Crippen LogP contribution >= 0.6 is 11.8 Å². The smallest absolute Gasteiger partial charge is 0.338 e.